The van der Waals surface area contributed by atoms with Crippen molar-refractivity contribution in [3.63, 3.8) is 0 Å². The molecule has 2 aromatic heterocycles. The summed E-state index contributed by atoms with van der Waals surface area (Å²) in [6.07, 6.45) is -3.10. The molecule has 112 valence electrons. The van der Waals surface area contributed by atoms with Gasteiger partial charge in [0, 0.05) is 6.54 Å². The summed E-state index contributed by atoms with van der Waals surface area (Å²) in [6, 6.07) is 1.55. The van der Waals surface area contributed by atoms with Crippen molar-refractivity contribution in [3.8, 4) is 0 Å². The Kier molecular flexibility index (Phi) is 3.16. The van der Waals surface area contributed by atoms with Crippen molar-refractivity contribution in [2.24, 2.45) is 0 Å². The van der Waals surface area contributed by atoms with Crippen molar-refractivity contribution >= 4 is 23.1 Å². The Bertz CT molecular complexity index is 683. The number of fused-ring (bicyclic) bond motifs is 1. The quantitative estimate of drug-likeness (QED) is 0.870. The molecule has 0 saturated carbocycles. The van der Waals surface area contributed by atoms with Gasteiger partial charge in [-0.3, -0.25) is 0 Å². The molecule has 0 radical (unpaired) electrons. The number of halogens is 4. The first-order chi connectivity index (χ1) is 9.84. The molecule has 0 aromatic carbocycles. The summed E-state index contributed by atoms with van der Waals surface area (Å²) in [5.41, 5.74) is 5.99. The third kappa shape index (κ3) is 2.60. The van der Waals surface area contributed by atoms with Gasteiger partial charge in [-0.2, -0.15) is 13.2 Å². The molecule has 6 nitrogen and oxygen atoms in total. The Morgan fingerprint density at radius 3 is 2.71 bits per heavy atom. The van der Waals surface area contributed by atoms with Crippen LogP contribution in [0.5, 0.6) is 0 Å². The number of alkyl halides is 3. The van der Waals surface area contributed by atoms with Crippen molar-refractivity contribution in [1.82, 2.24) is 19.7 Å². The number of rotatable bonds is 1. The van der Waals surface area contributed by atoms with E-state index in [2.05, 4.69) is 15.1 Å². The third-order valence-electron chi connectivity index (χ3n) is 3.06. The molecule has 0 aliphatic carbocycles. The van der Waals surface area contributed by atoms with Crippen LogP contribution in [-0.2, 0) is 19.3 Å². The average Bonchev–Trinajstić information content (AvgIpc) is 2.81. The van der Waals surface area contributed by atoms with Crippen LogP contribution in [0.25, 0.3) is 0 Å². The second-order valence-electron chi connectivity index (χ2n) is 4.57. The lowest BCUT2D eigenvalue weighted by atomic mass is 10.3. The summed E-state index contributed by atoms with van der Waals surface area (Å²) >= 11 is 6.06. The Hall–Kier alpha value is -2.03. The number of nitrogen functional groups attached to an aromatic ring is 1. The lowest BCUT2D eigenvalue weighted by Crippen LogP contribution is -2.35. The lowest BCUT2D eigenvalue weighted by Gasteiger charge is -2.28. The van der Waals surface area contributed by atoms with E-state index in [1.165, 1.54) is 10.9 Å². The predicted molar refractivity (Wildman–Crippen MR) is 69.7 cm³/mol. The van der Waals surface area contributed by atoms with Gasteiger partial charge in [0.05, 0.1) is 30.0 Å². The van der Waals surface area contributed by atoms with Crippen LogP contribution in [0.1, 0.15) is 11.6 Å². The Morgan fingerprint density at radius 1 is 1.29 bits per heavy atom. The van der Waals surface area contributed by atoms with Gasteiger partial charge in [-0.05, 0) is 6.07 Å². The molecule has 0 spiro atoms. The predicted octanol–water partition coefficient (Wildman–Crippen LogP) is 1.95. The van der Waals surface area contributed by atoms with Gasteiger partial charge in [-0.15, -0.1) is 5.10 Å². The molecule has 0 fully saturated rings. The number of nitrogens with two attached hydrogens (primary N) is 1. The fraction of sp³-hybridized carbons (Fsp3) is 0.364. The number of hydrogen-bond donors (Lipinski definition) is 1. The molecule has 3 heterocycles. The van der Waals surface area contributed by atoms with Crippen LogP contribution in [0.15, 0.2) is 12.3 Å². The first-order valence-electron chi connectivity index (χ1n) is 6.01. The molecule has 0 atom stereocenters. The molecular formula is C11H10ClF3N6. The number of pyridine rings is 1. The van der Waals surface area contributed by atoms with Crippen molar-refractivity contribution < 1.29 is 13.2 Å². The van der Waals surface area contributed by atoms with Gasteiger partial charge in [-0.25, -0.2) is 14.6 Å². The zero-order valence-electron chi connectivity index (χ0n) is 10.6. The zero-order valence-corrected chi connectivity index (χ0v) is 11.4. The summed E-state index contributed by atoms with van der Waals surface area (Å²) in [6.45, 7) is 0.866. The molecule has 0 unspecified atom stereocenters. The molecule has 3 rings (SSSR count). The van der Waals surface area contributed by atoms with E-state index in [9.17, 15) is 13.2 Å². The Labute approximate surface area is 122 Å². The van der Waals surface area contributed by atoms with E-state index in [4.69, 9.17) is 17.3 Å². The van der Waals surface area contributed by atoms with Crippen LogP contribution in [0.4, 0.5) is 24.7 Å². The molecule has 0 amide bonds. The number of aromatic nitrogens is 4. The van der Waals surface area contributed by atoms with E-state index in [1.807, 2.05) is 0 Å². The van der Waals surface area contributed by atoms with E-state index < -0.39 is 12.0 Å². The summed E-state index contributed by atoms with van der Waals surface area (Å²) in [7, 11) is 0. The average molecular weight is 319 g/mol. The minimum atomic E-state index is -4.55. The number of nitrogens with zero attached hydrogens (tertiary/aromatic N) is 5. The van der Waals surface area contributed by atoms with Crippen molar-refractivity contribution in [3.05, 3.63) is 28.9 Å². The second kappa shape index (κ2) is 4.76. The SMILES string of the molecule is Nc1cnc(N2CCn3nc(C(F)(F)F)nc3C2)c(Cl)c1. The fourth-order valence-electron chi connectivity index (χ4n) is 2.11. The minimum Gasteiger partial charge on any atom is -0.397 e. The van der Waals surface area contributed by atoms with E-state index in [0.29, 0.717) is 23.1 Å². The molecule has 2 aromatic rings. The van der Waals surface area contributed by atoms with Crippen molar-refractivity contribution in [2.75, 3.05) is 17.2 Å². The summed E-state index contributed by atoms with van der Waals surface area (Å²) in [5, 5.41) is 3.81. The maximum atomic E-state index is 12.6. The van der Waals surface area contributed by atoms with Gasteiger partial charge in [0.15, 0.2) is 0 Å². The molecule has 2 N–H and O–H groups in total. The first-order valence-corrected chi connectivity index (χ1v) is 6.39. The van der Waals surface area contributed by atoms with Gasteiger partial charge in [0.25, 0.3) is 5.82 Å². The maximum absolute atomic E-state index is 12.6. The highest BCUT2D eigenvalue weighted by atomic mass is 35.5. The number of hydrogen-bond acceptors (Lipinski definition) is 5. The molecule has 21 heavy (non-hydrogen) atoms. The normalized spacial score (nSPS) is 15.1. The highest BCUT2D eigenvalue weighted by molar-refractivity contribution is 6.33. The smallest absolute Gasteiger partial charge is 0.397 e. The Balaban J connectivity index is 1.89. The molecule has 0 bridgehead atoms. The highest BCUT2D eigenvalue weighted by Crippen LogP contribution is 2.30. The topological polar surface area (TPSA) is 72.9 Å². The molecule has 1 aliphatic rings. The van der Waals surface area contributed by atoms with E-state index >= 15 is 0 Å². The highest BCUT2D eigenvalue weighted by Gasteiger charge is 2.38. The van der Waals surface area contributed by atoms with Gasteiger partial charge < -0.3 is 10.6 Å². The number of anilines is 2. The largest absolute Gasteiger partial charge is 0.453 e. The van der Waals surface area contributed by atoms with Gasteiger partial charge in [-0.1, -0.05) is 11.6 Å². The van der Waals surface area contributed by atoms with Crippen LogP contribution in [0.3, 0.4) is 0 Å². The Morgan fingerprint density at radius 2 is 2.05 bits per heavy atom. The second-order valence-corrected chi connectivity index (χ2v) is 4.98. The van der Waals surface area contributed by atoms with Crippen molar-refractivity contribution in [2.45, 2.75) is 19.3 Å². The maximum Gasteiger partial charge on any atom is 0.453 e. The molecular weight excluding hydrogens is 309 g/mol. The standard InChI is InChI=1S/C11H10ClF3N6/c12-7-3-6(16)4-17-9(7)20-1-2-21-8(5-20)18-10(19-21)11(13,14)15/h3-4H,1-2,5,16H2. The molecule has 0 saturated heterocycles. The summed E-state index contributed by atoms with van der Waals surface area (Å²) in [5.74, 6) is -0.437. The molecule has 1 aliphatic heterocycles. The monoisotopic (exact) mass is 318 g/mol. The first kappa shape index (κ1) is 13.9. The van der Waals surface area contributed by atoms with E-state index in [0.717, 1.165) is 0 Å². The summed E-state index contributed by atoms with van der Waals surface area (Å²) < 4.78 is 39.1. The van der Waals surface area contributed by atoms with Crippen LogP contribution < -0.4 is 10.6 Å². The van der Waals surface area contributed by atoms with Crippen LogP contribution in [0.2, 0.25) is 5.02 Å². The fourth-order valence-corrected chi connectivity index (χ4v) is 2.41. The lowest BCUT2D eigenvalue weighted by molar-refractivity contribution is -0.145. The van der Waals surface area contributed by atoms with Gasteiger partial charge >= 0.3 is 6.18 Å². The third-order valence-corrected chi connectivity index (χ3v) is 3.34. The van der Waals surface area contributed by atoms with E-state index in [-0.39, 0.29) is 18.9 Å². The zero-order chi connectivity index (χ0) is 15.2. The van der Waals surface area contributed by atoms with Crippen molar-refractivity contribution in [1.29, 1.82) is 0 Å². The van der Waals surface area contributed by atoms with Crippen LogP contribution >= 0.6 is 11.6 Å². The van der Waals surface area contributed by atoms with Crippen LogP contribution in [0, 0.1) is 0 Å². The van der Waals surface area contributed by atoms with E-state index in [1.54, 1.807) is 11.0 Å². The van der Waals surface area contributed by atoms with Crippen LogP contribution in [-0.4, -0.2) is 26.3 Å². The summed E-state index contributed by atoms with van der Waals surface area (Å²) in [4.78, 5) is 9.40. The van der Waals surface area contributed by atoms with Gasteiger partial charge in [0.1, 0.15) is 11.6 Å². The minimum absolute atomic E-state index is 0.152. The van der Waals surface area contributed by atoms with Gasteiger partial charge in [0.2, 0.25) is 0 Å². The molecule has 10 heteroatoms.